The highest BCUT2D eigenvalue weighted by Crippen LogP contribution is 2.49. The molecule has 9 heteroatoms. The van der Waals surface area contributed by atoms with E-state index in [4.69, 9.17) is 4.42 Å². The van der Waals surface area contributed by atoms with Crippen molar-refractivity contribution in [1.82, 2.24) is 24.7 Å². The van der Waals surface area contributed by atoms with Gasteiger partial charge >= 0.3 is 0 Å². The number of fused-ring (bicyclic) bond motifs is 4. The van der Waals surface area contributed by atoms with Gasteiger partial charge in [-0.15, -0.1) is 0 Å². The van der Waals surface area contributed by atoms with Gasteiger partial charge in [0.2, 0.25) is 5.91 Å². The molecular formula is C27H37N5O4. The Hall–Kier alpha value is -2.75. The van der Waals surface area contributed by atoms with E-state index >= 15 is 0 Å². The zero-order valence-electron chi connectivity index (χ0n) is 21.2. The molecule has 4 atom stereocenters. The highest BCUT2D eigenvalue weighted by atomic mass is 16.3. The van der Waals surface area contributed by atoms with E-state index in [9.17, 15) is 14.7 Å². The summed E-state index contributed by atoms with van der Waals surface area (Å²) in [6, 6.07) is 3.48. The van der Waals surface area contributed by atoms with Crippen molar-refractivity contribution in [2.45, 2.75) is 57.3 Å². The number of oxazole rings is 1. The number of aliphatic hydroxyl groups excluding tert-OH is 1. The van der Waals surface area contributed by atoms with Crippen LogP contribution in [0.3, 0.4) is 0 Å². The van der Waals surface area contributed by atoms with Crippen LogP contribution < -0.4 is 10.9 Å². The molecule has 1 amide bonds. The van der Waals surface area contributed by atoms with Gasteiger partial charge in [-0.25, -0.2) is 4.98 Å². The monoisotopic (exact) mass is 495 g/mol. The van der Waals surface area contributed by atoms with Gasteiger partial charge in [0.15, 0.2) is 6.39 Å². The molecule has 1 fully saturated rings. The maximum Gasteiger partial charge on any atom is 0.258 e. The quantitative estimate of drug-likeness (QED) is 0.513. The summed E-state index contributed by atoms with van der Waals surface area (Å²) in [5.74, 6) is -0.808. The molecular weight excluding hydrogens is 458 g/mol. The maximum atomic E-state index is 13.7. The number of carbonyl (C=O) groups is 1. The summed E-state index contributed by atoms with van der Waals surface area (Å²) in [6.07, 6.45) is 10.3. The summed E-state index contributed by atoms with van der Waals surface area (Å²) in [7, 11) is 4.02. The molecule has 2 aromatic heterocycles. The maximum absolute atomic E-state index is 13.7. The first kappa shape index (κ1) is 24.9. The Labute approximate surface area is 211 Å². The third-order valence-electron chi connectivity index (χ3n) is 8.02. The van der Waals surface area contributed by atoms with Crippen LogP contribution in [0.2, 0.25) is 0 Å². The number of amides is 1. The Bertz CT molecular complexity index is 1160. The zero-order chi connectivity index (χ0) is 25.2. The lowest BCUT2D eigenvalue weighted by Gasteiger charge is -2.38. The van der Waals surface area contributed by atoms with Crippen molar-refractivity contribution in [2.75, 3.05) is 33.8 Å². The number of pyridine rings is 1. The second-order valence-electron chi connectivity index (χ2n) is 10.5. The number of nitrogens with one attached hydrogen (secondary N) is 1. The third-order valence-corrected chi connectivity index (χ3v) is 8.02. The minimum atomic E-state index is -0.459. The smallest absolute Gasteiger partial charge is 0.258 e. The minimum absolute atomic E-state index is 0.0143. The van der Waals surface area contributed by atoms with Gasteiger partial charge < -0.3 is 24.3 Å². The zero-order valence-corrected chi connectivity index (χ0v) is 21.2. The summed E-state index contributed by atoms with van der Waals surface area (Å²) in [5, 5.41) is 13.6. The summed E-state index contributed by atoms with van der Waals surface area (Å²) in [6.45, 7) is 2.28. The van der Waals surface area contributed by atoms with E-state index in [2.05, 4.69) is 26.2 Å². The van der Waals surface area contributed by atoms with E-state index in [1.165, 1.54) is 12.8 Å². The summed E-state index contributed by atoms with van der Waals surface area (Å²) in [4.78, 5) is 35.9. The van der Waals surface area contributed by atoms with Crippen LogP contribution in [0.25, 0.3) is 5.57 Å². The van der Waals surface area contributed by atoms with Crippen LogP contribution in [0.4, 0.5) is 0 Å². The van der Waals surface area contributed by atoms with Gasteiger partial charge in [0, 0.05) is 49.5 Å². The van der Waals surface area contributed by atoms with Crippen LogP contribution in [0.5, 0.6) is 0 Å². The molecule has 0 aromatic carbocycles. The van der Waals surface area contributed by atoms with E-state index in [-0.39, 0.29) is 36.1 Å². The number of rotatable bonds is 9. The van der Waals surface area contributed by atoms with Gasteiger partial charge in [0.05, 0.1) is 17.7 Å². The van der Waals surface area contributed by atoms with Crippen molar-refractivity contribution < 1.29 is 14.3 Å². The highest BCUT2D eigenvalue weighted by molar-refractivity contribution is 5.80. The van der Waals surface area contributed by atoms with Crippen molar-refractivity contribution in [2.24, 2.45) is 11.8 Å². The fraction of sp³-hybridized carbons (Fsp3) is 0.593. The lowest BCUT2D eigenvalue weighted by molar-refractivity contribution is -0.127. The molecule has 2 bridgehead atoms. The van der Waals surface area contributed by atoms with Crippen molar-refractivity contribution in [1.29, 1.82) is 0 Å². The second-order valence-corrected chi connectivity index (χ2v) is 10.5. The van der Waals surface area contributed by atoms with Crippen LogP contribution in [0, 0.1) is 11.8 Å². The summed E-state index contributed by atoms with van der Waals surface area (Å²) in [5.41, 5.74) is 3.53. The number of aliphatic hydroxyl groups is 1. The molecule has 194 valence electrons. The molecule has 4 heterocycles. The summed E-state index contributed by atoms with van der Waals surface area (Å²) < 4.78 is 7.06. The molecule has 1 aliphatic carbocycles. The lowest BCUT2D eigenvalue weighted by Crippen LogP contribution is -2.46. The molecule has 2 aliphatic heterocycles. The van der Waals surface area contributed by atoms with Gasteiger partial charge in [0.1, 0.15) is 6.26 Å². The molecule has 5 rings (SSSR count). The predicted molar refractivity (Wildman–Crippen MR) is 136 cm³/mol. The molecule has 9 nitrogen and oxygen atoms in total. The molecule has 36 heavy (non-hydrogen) atoms. The molecule has 0 unspecified atom stereocenters. The van der Waals surface area contributed by atoms with Crippen LogP contribution >= 0.6 is 0 Å². The third kappa shape index (κ3) is 4.67. The summed E-state index contributed by atoms with van der Waals surface area (Å²) >= 11 is 0. The second kappa shape index (κ2) is 10.7. The first-order valence-electron chi connectivity index (χ1n) is 13.1. The van der Waals surface area contributed by atoms with Crippen LogP contribution in [0.1, 0.15) is 55.1 Å². The van der Waals surface area contributed by atoms with Crippen molar-refractivity contribution in [3.05, 3.63) is 58.2 Å². The number of hydrogen-bond donors (Lipinski definition) is 2. The van der Waals surface area contributed by atoms with Crippen LogP contribution in [0.15, 0.2) is 40.1 Å². The molecule has 1 saturated heterocycles. The number of hydrogen-bond acceptors (Lipinski definition) is 7. The highest BCUT2D eigenvalue weighted by Gasteiger charge is 2.55. The largest absolute Gasteiger partial charge is 0.451 e. The first-order valence-corrected chi connectivity index (χ1v) is 13.1. The number of aromatic nitrogens is 2. The van der Waals surface area contributed by atoms with Crippen LogP contribution in [-0.4, -0.2) is 70.2 Å². The molecule has 2 aromatic rings. The number of carbonyl (C=O) groups excluding carboxylic acids is 1. The van der Waals surface area contributed by atoms with Gasteiger partial charge in [0.25, 0.3) is 5.56 Å². The average Bonchev–Trinajstić information content (AvgIpc) is 3.46. The van der Waals surface area contributed by atoms with E-state index in [0.717, 1.165) is 54.8 Å². The average molecular weight is 496 g/mol. The first-order chi connectivity index (χ1) is 17.5. The molecule has 0 spiro atoms. The predicted octanol–water partition coefficient (Wildman–Crippen LogP) is 2.03. The standard InChI is InChI=1S/C27H37N5O4/c1-30(2)12-6-11-28-26(34)24-21(15-33)23-14-32-22(25(24)31(23)13-19-16-36-17-29-19)10-9-20(27(32)35)18-7-4-3-5-8-18/h7,9-10,16-17,21,23-25,33H,3-6,8,11-15H2,1-2H3,(H,28,34)/t21-,23-,24+,25+/m1/s1. The number of allylic oxidation sites excluding steroid dienone is 2. The fourth-order valence-corrected chi connectivity index (χ4v) is 6.30. The van der Waals surface area contributed by atoms with Gasteiger partial charge in [-0.05, 0) is 70.5 Å². The Morgan fingerprint density at radius 2 is 2.17 bits per heavy atom. The lowest BCUT2D eigenvalue weighted by atomic mass is 9.86. The molecule has 0 saturated carbocycles. The van der Waals surface area contributed by atoms with Gasteiger partial charge in [-0.3, -0.25) is 14.5 Å². The van der Waals surface area contributed by atoms with Gasteiger partial charge in [-0.2, -0.15) is 0 Å². The number of nitrogens with zero attached hydrogens (tertiary/aromatic N) is 4. The van der Waals surface area contributed by atoms with E-state index in [1.807, 2.05) is 30.8 Å². The Kier molecular flexibility index (Phi) is 7.41. The van der Waals surface area contributed by atoms with E-state index in [1.54, 1.807) is 6.26 Å². The molecule has 3 aliphatic rings. The fourth-order valence-electron chi connectivity index (χ4n) is 6.30. The van der Waals surface area contributed by atoms with Crippen molar-refractivity contribution in [3.8, 4) is 0 Å². The Morgan fingerprint density at radius 3 is 2.86 bits per heavy atom. The SMILES string of the molecule is CN(C)CCCNC(=O)[C@H]1[C@H](CO)[C@H]2Cn3c(ccc(C4=CCCCC4)c3=O)[C@@H]1N2Cc1cocn1. The Balaban J connectivity index is 1.50. The normalized spacial score (nSPS) is 25.6. The Morgan fingerprint density at radius 1 is 1.31 bits per heavy atom. The van der Waals surface area contributed by atoms with Crippen molar-refractivity contribution >= 4 is 11.5 Å². The van der Waals surface area contributed by atoms with E-state index in [0.29, 0.717) is 19.6 Å². The molecule has 2 N–H and O–H groups in total. The topological polar surface area (TPSA) is 104 Å². The van der Waals surface area contributed by atoms with Crippen LogP contribution in [-0.2, 0) is 17.9 Å². The minimum Gasteiger partial charge on any atom is -0.451 e. The van der Waals surface area contributed by atoms with E-state index < -0.39 is 5.92 Å². The molecule has 0 radical (unpaired) electrons. The van der Waals surface area contributed by atoms with Crippen molar-refractivity contribution in [3.63, 3.8) is 0 Å². The van der Waals surface area contributed by atoms with Gasteiger partial charge in [-0.1, -0.05) is 6.08 Å².